The molecule has 0 bridgehead atoms. The molecule has 6 heteroatoms. The number of likely N-dealkylation sites (N-methyl/N-ethyl adjacent to an activating group) is 1. The Bertz CT molecular complexity index is 379. The number of carbonyl (C=O) groups is 1. The normalized spacial score (nSPS) is 12.2. The monoisotopic (exact) mass is 276 g/mol. The van der Waals surface area contributed by atoms with Gasteiger partial charge in [-0.25, -0.2) is 0 Å². The van der Waals surface area contributed by atoms with Crippen molar-refractivity contribution in [1.29, 1.82) is 0 Å². The number of hydrogen-bond acceptors (Lipinski definition) is 3. The summed E-state index contributed by atoms with van der Waals surface area (Å²) < 4.78 is 0. The van der Waals surface area contributed by atoms with E-state index >= 15 is 0 Å². The van der Waals surface area contributed by atoms with Crippen molar-refractivity contribution in [2.45, 2.75) is 6.10 Å². The number of benzene rings is 1. The summed E-state index contributed by atoms with van der Waals surface area (Å²) in [4.78, 5) is 11.2. The van der Waals surface area contributed by atoms with Gasteiger partial charge in [-0.2, -0.15) is 0 Å². The summed E-state index contributed by atoms with van der Waals surface area (Å²) in [6.45, 7) is 0.271. The first-order valence-corrected chi connectivity index (χ1v) is 5.85. The lowest BCUT2D eigenvalue weighted by Gasteiger charge is -2.15. The second-order valence-corrected chi connectivity index (χ2v) is 4.30. The van der Waals surface area contributed by atoms with Crippen LogP contribution >= 0.6 is 23.2 Å². The molecule has 0 aliphatic carbocycles. The zero-order chi connectivity index (χ0) is 12.8. The van der Waals surface area contributed by atoms with Gasteiger partial charge in [0.15, 0.2) is 0 Å². The molecule has 1 aromatic carbocycles. The van der Waals surface area contributed by atoms with Crippen LogP contribution in [0.4, 0.5) is 0 Å². The standard InChI is InChI=1S/C11H14Cl2N2O2/c1-14-6-10(17)15-5-9(16)11-7(12)3-2-4-8(11)13/h2-4,9,14,16H,5-6H2,1H3,(H,15,17). The van der Waals surface area contributed by atoms with E-state index in [1.807, 2.05) is 0 Å². The van der Waals surface area contributed by atoms with Crippen LogP contribution in [0.2, 0.25) is 10.0 Å². The van der Waals surface area contributed by atoms with E-state index in [4.69, 9.17) is 23.2 Å². The Morgan fingerprint density at radius 3 is 2.53 bits per heavy atom. The number of rotatable bonds is 5. The summed E-state index contributed by atoms with van der Waals surface area (Å²) in [5, 5.41) is 15.9. The van der Waals surface area contributed by atoms with E-state index in [-0.39, 0.29) is 19.0 Å². The minimum atomic E-state index is -0.919. The van der Waals surface area contributed by atoms with E-state index in [9.17, 15) is 9.90 Å². The van der Waals surface area contributed by atoms with Gasteiger partial charge in [0.25, 0.3) is 0 Å². The van der Waals surface area contributed by atoms with E-state index in [1.54, 1.807) is 25.2 Å². The van der Waals surface area contributed by atoms with Gasteiger partial charge in [-0.05, 0) is 19.2 Å². The van der Waals surface area contributed by atoms with E-state index in [1.165, 1.54) is 0 Å². The van der Waals surface area contributed by atoms with Crippen LogP contribution in [-0.2, 0) is 4.79 Å². The molecule has 0 aromatic heterocycles. The number of hydrogen-bond donors (Lipinski definition) is 3. The average molecular weight is 277 g/mol. The van der Waals surface area contributed by atoms with Crippen LogP contribution in [0.15, 0.2) is 18.2 Å². The maximum Gasteiger partial charge on any atom is 0.234 e. The molecule has 0 saturated heterocycles. The lowest BCUT2D eigenvalue weighted by atomic mass is 10.1. The van der Waals surface area contributed by atoms with Gasteiger partial charge in [-0.15, -0.1) is 0 Å². The molecule has 3 N–H and O–H groups in total. The zero-order valence-electron chi connectivity index (χ0n) is 9.34. The molecule has 4 nitrogen and oxygen atoms in total. The maximum atomic E-state index is 11.2. The minimum Gasteiger partial charge on any atom is -0.386 e. The molecule has 1 unspecified atom stereocenters. The lowest BCUT2D eigenvalue weighted by Crippen LogP contribution is -2.34. The Balaban J connectivity index is 2.64. The molecule has 17 heavy (non-hydrogen) atoms. The first-order chi connectivity index (χ1) is 8.06. The van der Waals surface area contributed by atoms with Crippen molar-refractivity contribution in [2.24, 2.45) is 0 Å². The van der Waals surface area contributed by atoms with Crippen LogP contribution in [0.5, 0.6) is 0 Å². The van der Waals surface area contributed by atoms with Crippen molar-refractivity contribution in [3.63, 3.8) is 0 Å². The van der Waals surface area contributed by atoms with Crippen LogP contribution in [0.1, 0.15) is 11.7 Å². The molecule has 0 heterocycles. The Morgan fingerprint density at radius 1 is 1.41 bits per heavy atom. The van der Waals surface area contributed by atoms with E-state index in [0.717, 1.165) is 0 Å². The molecule has 0 aliphatic heterocycles. The third-order valence-electron chi connectivity index (χ3n) is 2.16. The number of nitrogens with one attached hydrogen (secondary N) is 2. The van der Waals surface area contributed by atoms with Crippen molar-refractivity contribution in [1.82, 2.24) is 10.6 Å². The van der Waals surface area contributed by atoms with Gasteiger partial charge < -0.3 is 15.7 Å². The number of aliphatic hydroxyl groups is 1. The zero-order valence-corrected chi connectivity index (χ0v) is 10.8. The van der Waals surface area contributed by atoms with Crippen molar-refractivity contribution in [2.75, 3.05) is 20.1 Å². The quantitative estimate of drug-likeness (QED) is 0.761. The smallest absolute Gasteiger partial charge is 0.234 e. The van der Waals surface area contributed by atoms with Crippen LogP contribution in [0.25, 0.3) is 0 Å². The fourth-order valence-corrected chi connectivity index (χ4v) is 2.01. The summed E-state index contributed by atoms with van der Waals surface area (Å²) in [5.74, 6) is -0.199. The Kier molecular flexibility index (Phi) is 5.71. The minimum absolute atomic E-state index is 0.0734. The summed E-state index contributed by atoms with van der Waals surface area (Å²) in [5.41, 5.74) is 0.431. The van der Waals surface area contributed by atoms with Crippen molar-refractivity contribution in [3.05, 3.63) is 33.8 Å². The van der Waals surface area contributed by atoms with Crippen LogP contribution < -0.4 is 10.6 Å². The molecular weight excluding hydrogens is 263 g/mol. The number of carbonyl (C=O) groups excluding carboxylic acids is 1. The van der Waals surface area contributed by atoms with E-state index in [2.05, 4.69) is 10.6 Å². The van der Waals surface area contributed by atoms with Crippen LogP contribution in [-0.4, -0.2) is 31.2 Å². The molecular formula is C11H14Cl2N2O2. The van der Waals surface area contributed by atoms with Gasteiger partial charge in [0, 0.05) is 22.2 Å². The predicted octanol–water partition coefficient (Wildman–Crippen LogP) is 1.36. The molecule has 0 radical (unpaired) electrons. The maximum absolute atomic E-state index is 11.2. The van der Waals surface area contributed by atoms with Gasteiger partial charge in [0.05, 0.1) is 12.6 Å². The third-order valence-corrected chi connectivity index (χ3v) is 2.82. The summed E-state index contributed by atoms with van der Waals surface area (Å²) in [7, 11) is 1.67. The highest BCUT2D eigenvalue weighted by atomic mass is 35.5. The Hall–Kier alpha value is -0.810. The Labute approximate surface area is 110 Å². The molecule has 0 aliphatic rings. The first-order valence-electron chi connectivity index (χ1n) is 5.09. The summed E-state index contributed by atoms with van der Waals surface area (Å²) in [6.07, 6.45) is -0.919. The summed E-state index contributed by atoms with van der Waals surface area (Å²) in [6, 6.07) is 4.98. The number of halogens is 2. The largest absolute Gasteiger partial charge is 0.386 e. The van der Waals surface area contributed by atoms with Gasteiger partial charge in [-0.3, -0.25) is 4.79 Å². The highest BCUT2D eigenvalue weighted by Crippen LogP contribution is 2.29. The fraction of sp³-hybridized carbons (Fsp3) is 0.364. The topological polar surface area (TPSA) is 61.4 Å². The number of aliphatic hydroxyl groups excluding tert-OH is 1. The van der Waals surface area contributed by atoms with Gasteiger partial charge in [-0.1, -0.05) is 29.3 Å². The van der Waals surface area contributed by atoms with Crippen LogP contribution in [0, 0.1) is 0 Å². The molecule has 1 atom stereocenters. The molecule has 1 aromatic rings. The van der Waals surface area contributed by atoms with Crippen LogP contribution in [0.3, 0.4) is 0 Å². The van der Waals surface area contributed by atoms with Crippen molar-refractivity contribution < 1.29 is 9.90 Å². The van der Waals surface area contributed by atoms with Crippen molar-refractivity contribution in [3.8, 4) is 0 Å². The lowest BCUT2D eigenvalue weighted by molar-refractivity contribution is -0.120. The van der Waals surface area contributed by atoms with Crippen molar-refractivity contribution >= 4 is 29.1 Å². The molecule has 1 rings (SSSR count). The molecule has 1 amide bonds. The molecule has 0 fully saturated rings. The first kappa shape index (κ1) is 14.3. The third kappa shape index (κ3) is 4.16. The van der Waals surface area contributed by atoms with Gasteiger partial charge in [0.1, 0.15) is 0 Å². The highest BCUT2D eigenvalue weighted by Gasteiger charge is 2.15. The van der Waals surface area contributed by atoms with E-state index < -0.39 is 6.10 Å². The molecule has 0 spiro atoms. The number of amides is 1. The van der Waals surface area contributed by atoms with E-state index in [0.29, 0.717) is 15.6 Å². The molecule has 94 valence electrons. The molecule has 0 saturated carbocycles. The fourth-order valence-electron chi connectivity index (χ4n) is 1.36. The summed E-state index contributed by atoms with van der Waals surface area (Å²) >= 11 is 11.9. The second kappa shape index (κ2) is 6.81. The van der Waals surface area contributed by atoms with Gasteiger partial charge in [0.2, 0.25) is 5.91 Å². The predicted molar refractivity (Wildman–Crippen MR) is 68.4 cm³/mol. The highest BCUT2D eigenvalue weighted by molar-refractivity contribution is 6.36. The second-order valence-electron chi connectivity index (χ2n) is 3.49. The van der Waals surface area contributed by atoms with Gasteiger partial charge >= 0.3 is 0 Å². The SMILES string of the molecule is CNCC(=O)NCC(O)c1c(Cl)cccc1Cl. The Morgan fingerprint density at radius 2 is 2.00 bits per heavy atom. The average Bonchev–Trinajstić information content (AvgIpc) is 2.26.